The van der Waals surface area contributed by atoms with Crippen LogP contribution in [-0.4, -0.2) is 21.6 Å². The van der Waals surface area contributed by atoms with Gasteiger partial charge in [-0.05, 0) is 30.2 Å². The number of hydrogen-bond donors (Lipinski definition) is 0. The van der Waals surface area contributed by atoms with Crippen LogP contribution >= 0.6 is 23.2 Å². The van der Waals surface area contributed by atoms with E-state index >= 15 is 0 Å². The van der Waals surface area contributed by atoms with Gasteiger partial charge in [0.2, 0.25) is 5.28 Å². The van der Waals surface area contributed by atoms with Crippen molar-refractivity contribution < 1.29 is 4.74 Å². The molecule has 2 rings (SSSR count). The third kappa shape index (κ3) is 3.09. The van der Waals surface area contributed by atoms with Gasteiger partial charge in [0.05, 0.1) is 11.6 Å². The largest absolute Gasteiger partial charge is 0.463 e. The molecule has 0 saturated heterocycles. The highest BCUT2D eigenvalue weighted by Crippen LogP contribution is 2.26. The molecular weight excluding hydrogens is 273 g/mol. The van der Waals surface area contributed by atoms with Crippen LogP contribution in [0.2, 0.25) is 10.3 Å². The highest BCUT2D eigenvalue weighted by molar-refractivity contribution is 6.33. The molecule has 0 aliphatic carbocycles. The Kier molecular flexibility index (Phi) is 4.33. The van der Waals surface area contributed by atoms with Crippen LogP contribution in [0.5, 0.6) is 6.01 Å². The minimum absolute atomic E-state index is 0.0889. The molecular formula is C12H11Cl2N3O. The molecule has 0 bridgehead atoms. The van der Waals surface area contributed by atoms with E-state index in [0.717, 1.165) is 6.42 Å². The summed E-state index contributed by atoms with van der Waals surface area (Å²) in [5, 5.41) is 0.646. The number of ether oxygens (including phenoxy) is 1. The molecule has 1 aromatic heterocycles. The van der Waals surface area contributed by atoms with Crippen molar-refractivity contribution in [2.24, 2.45) is 0 Å². The fourth-order valence-corrected chi connectivity index (χ4v) is 1.73. The van der Waals surface area contributed by atoms with E-state index in [0.29, 0.717) is 23.0 Å². The van der Waals surface area contributed by atoms with Crippen LogP contribution in [0.25, 0.3) is 11.4 Å². The molecule has 0 atom stereocenters. The lowest BCUT2D eigenvalue weighted by atomic mass is 10.2. The zero-order valence-corrected chi connectivity index (χ0v) is 11.2. The van der Waals surface area contributed by atoms with E-state index in [4.69, 9.17) is 27.9 Å². The van der Waals surface area contributed by atoms with E-state index in [2.05, 4.69) is 15.0 Å². The zero-order chi connectivity index (χ0) is 13.0. The van der Waals surface area contributed by atoms with Crippen molar-refractivity contribution in [3.05, 3.63) is 34.6 Å². The molecule has 0 aliphatic heterocycles. The standard InChI is InChI=1S/C12H11Cl2N3O/c1-2-7-18-12-16-10(15-11(14)17-12)8-5-3-4-6-9(8)13/h3-6H,2,7H2,1H3. The minimum atomic E-state index is 0.0889. The molecule has 6 heteroatoms. The van der Waals surface area contributed by atoms with Gasteiger partial charge < -0.3 is 4.74 Å². The van der Waals surface area contributed by atoms with E-state index in [1.807, 2.05) is 25.1 Å². The maximum atomic E-state index is 6.08. The Balaban J connectivity index is 2.39. The van der Waals surface area contributed by atoms with E-state index in [1.165, 1.54) is 0 Å². The minimum Gasteiger partial charge on any atom is -0.463 e. The summed E-state index contributed by atoms with van der Waals surface area (Å²) >= 11 is 11.9. The summed E-state index contributed by atoms with van der Waals surface area (Å²) in [7, 11) is 0. The van der Waals surface area contributed by atoms with Crippen molar-refractivity contribution in [3.8, 4) is 17.4 Å². The number of nitrogens with zero attached hydrogens (tertiary/aromatic N) is 3. The van der Waals surface area contributed by atoms with E-state index in [9.17, 15) is 0 Å². The number of hydrogen-bond acceptors (Lipinski definition) is 4. The number of rotatable bonds is 4. The maximum Gasteiger partial charge on any atom is 0.321 e. The topological polar surface area (TPSA) is 47.9 Å². The molecule has 0 radical (unpaired) electrons. The molecule has 0 aliphatic rings. The Morgan fingerprint density at radius 3 is 2.61 bits per heavy atom. The molecule has 1 aromatic carbocycles. The fraction of sp³-hybridized carbons (Fsp3) is 0.250. The lowest BCUT2D eigenvalue weighted by Crippen LogP contribution is -2.03. The summed E-state index contributed by atoms with van der Waals surface area (Å²) in [4.78, 5) is 12.1. The second-order valence-electron chi connectivity index (χ2n) is 3.54. The molecule has 94 valence electrons. The maximum absolute atomic E-state index is 6.08. The van der Waals surface area contributed by atoms with Gasteiger partial charge in [0.25, 0.3) is 0 Å². The first kappa shape index (κ1) is 13.1. The molecule has 0 N–H and O–H groups in total. The van der Waals surface area contributed by atoms with Crippen molar-refractivity contribution in [3.63, 3.8) is 0 Å². The van der Waals surface area contributed by atoms with Crippen molar-refractivity contribution in [1.29, 1.82) is 0 Å². The van der Waals surface area contributed by atoms with Crippen LogP contribution in [0.1, 0.15) is 13.3 Å². The Morgan fingerprint density at radius 2 is 1.89 bits per heavy atom. The molecule has 0 saturated carbocycles. The average Bonchev–Trinajstić information content (AvgIpc) is 2.36. The summed E-state index contributed by atoms with van der Waals surface area (Å²) in [5.41, 5.74) is 0.699. The normalized spacial score (nSPS) is 10.4. The molecule has 0 spiro atoms. The van der Waals surface area contributed by atoms with E-state index in [1.54, 1.807) is 6.07 Å². The van der Waals surface area contributed by atoms with Gasteiger partial charge in [-0.2, -0.15) is 15.0 Å². The molecule has 4 nitrogen and oxygen atoms in total. The number of aromatic nitrogens is 3. The van der Waals surface area contributed by atoms with Gasteiger partial charge in [-0.3, -0.25) is 0 Å². The van der Waals surface area contributed by atoms with Crippen LogP contribution < -0.4 is 4.74 Å². The van der Waals surface area contributed by atoms with Gasteiger partial charge in [-0.25, -0.2) is 0 Å². The van der Waals surface area contributed by atoms with Crippen molar-refractivity contribution in [2.45, 2.75) is 13.3 Å². The molecule has 1 heterocycles. The molecule has 0 amide bonds. The first-order valence-electron chi connectivity index (χ1n) is 5.50. The summed E-state index contributed by atoms with van der Waals surface area (Å²) in [5.74, 6) is 0.409. The predicted molar refractivity (Wildman–Crippen MR) is 71.1 cm³/mol. The van der Waals surface area contributed by atoms with Crippen LogP contribution in [0.4, 0.5) is 0 Å². The first-order valence-corrected chi connectivity index (χ1v) is 6.25. The van der Waals surface area contributed by atoms with Gasteiger partial charge in [-0.1, -0.05) is 30.7 Å². The summed E-state index contributed by atoms with van der Waals surface area (Å²) in [6.07, 6.45) is 0.866. The highest BCUT2D eigenvalue weighted by atomic mass is 35.5. The summed E-state index contributed by atoms with van der Waals surface area (Å²) < 4.78 is 5.35. The Labute approximate surface area is 115 Å². The number of benzene rings is 1. The molecule has 2 aromatic rings. The van der Waals surface area contributed by atoms with Gasteiger partial charge >= 0.3 is 6.01 Å². The molecule has 0 unspecified atom stereocenters. The van der Waals surface area contributed by atoms with E-state index in [-0.39, 0.29) is 11.3 Å². The highest BCUT2D eigenvalue weighted by Gasteiger charge is 2.10. The van der Waals surface area contributed by atoms with Crippen molar-refractivity contribution >= 4 is 23.2 Å². The monoisotopic (exact) mass is 283 g/mol. The smallest absolute Gasteiger partial charge is 0.321 e. The third-order valence-electron chi connectivity index (χ3n) is 2.14. The predicted octanol–water partition coefficient (Wildman–Crippen LogP) is 3.63. The Morgan fingerprint density at radius 1 is 1.11 bits per heavy atom. The van der Waals surface area contributed by atoms with Gasteiger partial charge in [0, 0.05) is 5.56 Å². The lowest BCUT2D eigenvalue weighted by molar-refractivity contribution is 0.291. The summed E-state index contributed by atoms with van der Waals surface area (Å²) in [6.45, 7) is 2.53. The number of halogens is 2. The zero-order valence-electron chi connectivity index (χ0n) is 9.73. The second-order valence-corrected chi connectivity index (χ2v) is 4.28. The van der Waals surface area contributed by atoms with Crippen LogP contribution in [0, 0.1) is 0 Å². The van der Waals surface area contributed by atoms with Crippen molar-refractivity contribution in [2.75, 3.05) is 6.61 Å². The quantitative estimate of drug-likeness (QED) is 0.860. The van der Waals surface area contributed by atoms with Gasteiger partial charge in [-0.15, -0.1) is 0 Å². The third-order valence-corrected chi connectivity index (χ3v) is 2.64. The van der Waals surface area contributed by atoms with Crippen molar-refractivity contribution in [1.82, 2.24) is 15.0 Å². The second kappa shape index (κ2) is 5.98. The average molecular weight is 284 g/mol. The molecule has 0 fully saturated rings. The SMILES string of the molecule is CCCOc1nc(Cl)nc(-c2ccccc2Cl)n1. The summed E-state index contributed by atoms with van der Waals surface area (Å²) in [6, 6.07) is 7.49. The fourth-order valence-electron chi connectivity index (χ4n) is 1.35. The molecule has 18 heavy (non-hydrogen) atoms. The van der Waals surface area contributed by atoms with Crippen LogP contribution in [0.15, 0.2) is 24.3 Å². The van der Waals surface area contributed by atoms with Crippen LogP contribution in [0.3, 0.4) is 0 Å². The lowest BCUT2D eigenvalue weighted by Gasteiger charge is -2.06. The first-order chi connectivity index (χ1) is 8.70. The van der Waals surface area contributed by atoms with Gasteiger partial charge in [0.15, 0.2) is 5.82 Å². The van der Waals surface area contributed by atoms with E-state index < -0.39 is 0 Å². The Hall–Kier alpha value is -1.39. The van der Waals surface area contributed by atoms with Crippen LogP contribution in [-0.2, 0) is 0 Å². The Bertz CT molecular complexity index is 549. The van der Waals surface area contributed by atoms with Gasteiger partial charge in [0.1, 0.15) is 0 Å².